The Labute approximate surface area is 148 Å². The molecular formula is C19H26N2O4. The Bertz CT molecular complexity index is 659. The summed E-state index contributed by atoms with van der Waals surface area (Å²) in [5.41, 5.74) is 2.01. The Morgan fingerprint density at radius 3 is 2.20 bits per heavy atom. The Morgan fingerprint density at radius 2 is 1.56 bits per heavy atom. The SMILES string of the molecule is CCC(=O)N1CCCN(C(=O)Cc2cc3c(cc2C)OCCO3)CC1. The third-order valence-electron chi connectivity index (χ3n) is 4.85. The number of amides is 2. The molecule has 1 saturated heterocycles. The lowest BCUT2D eigenvalue weighted by Crippen LogP contribution is -2.37. The molecule has 1 aromatic carbocycles. The van der Waals surface area contributed by atoms with Crippen LogP contribution in [0.25, 0.3) is 0 Å². The molecule has 0 spiro atoms. The van der Waals surface area contributed by atoms with Crippen molar-refractivity contribution in [2.24, 2.45) is 0 Å². The van der Waals surface area contributed by atoms with Gasteiger partial charge in [0.05, 0.1) is 6.42 Å². The number of benzene rings is 1. The molecule has 2 aliphatic heterocycles. The lowest BCUT2D eigenvalue weighted by molar-refractivity contribution is -0.133. The molecule has 0 aromatic heterocycles. The minimum absolute atomic E-state index is 0.102. The third kappa shape index (κ3) is 4.06. The molecule has 0 saturated carbocycles. The van der Waals surface area contributed by atoms with Gasteiger partial charge in [0.25, 0.3) is 0 Å². The summed E-state index contributed by atoms with van der Waals surface area (Å²) in [5.74, 6) is 1.74. The fraction of sp³-hybridized carbons (Fsp3) is 0.579. The number of aryl methyl sites for hydroxylation is 1. The van der Waals surface area contributed by atoms with Gasteiger partial charge >= 0.3 is 0 Å². The van der Waals surface area contributed by atoms with E-state index in [2.05, 4.69) is 0 Å². The molecule has 0 aliphatic carbocycles. The predicted molar refractivity (Wildman–Crippen MR) is 93.9 cm³/mol. The smallest absolute Gasteiger partial charge is 0.227 e. The van der Waals surface area contributed by atoms with Crippen LogP contribution in [0, 0.1) is 6.92 Å². The maximum absolute atomic E-state index is 12.7. The number of ether oxygens (including phenoxy) is 2. The van der Waals surface area contributed by atoms with Gasteiger partial charge in [0.15, 0.2) is 11.5 Å². The fourth-order valence-corrected chi connectivity index (χ4v) is 3.34. The van der Waals surface area contributed by atoms with Gasteiger partial charge in [0.2, 0.25) is 11.8 Å². The fourth-order valence-electron chi connectivity index (χ4n) is 3.34. The third-order valence-corrected chi connectivity index (χ3v) is 4.85. The van der Waals surface area contributed by atoms with Gasteiger partial charge in [0, 0.05) is 32.6 Å². The second-order valence-electron chi connectivity index (χ2n) is 6.57. The molecule has 136 valence electrons. The summed E-state index contributed by atoms with van der Waals surface area (Å²) in [6.07, 6.45) is 1.70. The summed E-state index contributed by atoms with van der Waals surface area (Å²) in [4.78, 5) is 28.3. The molecule has 2 heterocycles. The van der Waals surface area contributed by atoms with Gasteiger partial charge < -0.3 is 19.3 Å². The van der Waals surface area contributed by atoms with Crippen molar-refractivity contribution in [1.29, 1.82) is 0 Å². The van der Waals surface area contributed by atoms with Crippen LogP contribution < -0.4 is 9.47 Å². The van der Waals surface area contributed by atoms with Crippen molar-refractivity contribution in [3.05, 3.63) is 23.3 Å². The molecule has 0 radical (unpaired) electrons. The van der Waals surface area contributed by atoms with E-state index in [1.54, 1.807) is 0 Å². The largest absolute Gasteiger partial charge is 0.486 e. The number of carbonyl (C=O) groups is 2. The van der Waals surface area contributed by atoms with Gasteiger partial charge in [-0.3, -0.25) is 9.59 Å². The van der Waals surface area contributed by atoms with E-state index in [1.807, 2.05) is 35.8 Å². The lowest BCUT2D eigenvalue weighted by atomic mass is 10.0. The summed E-state index contributed by atoms with van der Waals surface area (Å²) in [6, 6.07) is 3.87. The van der Waals surface area contributed by atoms with Crippen LogP contribution in [-0.2, 0) is 16.0 Å². The van der Waals surface area contributed by atoms with Crippen molar-refractivity contribution in [1.82, 2.24) is 9.80 Å². The summed E-state index contributed by atoms with van der Waals surface area (Å²) in [5, 5.41) is 0. The Kier molecular flexibility index (Phi) is 5.46. The molecule has 25 heavy (non-hydrogen) atoms. The number of hydrogen-bond donors (Lipinski definition) is 0. The second kappa shape index (κ2) is 7.76. The maximum Gasteiger partial charge on any atom is 0.227 e. The van der Waals surface area contributed by atoms with Crippen LogP contribution in [0.15, 0.2) is 12.1 Å². The monoisotopic (exact) mass is 346 g/mol. The zero-order valence-corrected chi connectivity index (χ0v) is 15.0. The van der Waals surface area contributed by atoms with Gasteiger partial charge in [-0.05, 0) is 36.6 Å². The minimum Gasteiger partial charge on any atom is -0.486 e. The van der Waals surface area contributed by atoms with Crippen LogP contribution in [0.1, 0.15) is 30.9 Å². The molecule has 2 aliphatic rings. The molecule has 0 N–H and O–H groups in total. The van der Waals surface area contributed by atoms with Crippen LogP contribution in [0.2, 0.25) is 0 Å². The second-order valence-corrected chi connectivity index (χ2v) is 6.57. The van der Waals surface area contributed by atoms with Crippen LogP contribution in [0.5, 0.6) is 11.5 Å². The van der Waals surface area contributed by atoms with Gasteiger partial charge in [-0.15, -0.1) is 0 Å². The molecule has 3 rings (SSSR count). The summed E-state index contributed by atoms with van der Waals surface area (Å²) >= 11 is 0. The summed E-state index contributed by atoms with van der Waals surface area (Å²) < 4.78 is 11.2. The summed E-state index contributed by atoms with van der Waals surface area (Å²) in [7, 11) is 0. The molecular weight excluding hydrogens is 320 g/mol. The van der Waals surface area contributed by atoms with Gasteiger partial charge in [-0.1, -0.05) is 6.92 Å². The van der Waals surface area contributed by atoms with E-state index in [0.717, 1.165) is 35.6 Å². The lowest BCUT2D eigenvalue weighted by Gasteiger charge is -2.23. The van der Waals surface area contributed by atoms with E-state index < -0.39 is 0 Å². The average molecular weight is 346 g/mol. The van der Waals surface area contributed by atoms with E-state index >= 15 is 0 Å². The standard InChI is InChI=1S/C19H26N2O4/c1-3-18(22)20-5-4-6-21(8-7-20)19(23)13-15-12-17-16(11-14(15)2)24-9-10-25-17/h11-12H,3-10,13H2,1-2H3. The average Bonchev–Trinajstić information content (AvgIpc) is 2.88. The highest BCUT2D eigenvalue weighted by molar-refractivity contribution is 5.80. The Morgan fingerprint density at radius 1 is 0.960 bits per heavy atom. The zero-order chi connectivity index (χ0) is 17.8. The van der Waals surface area contributed by atoms with Crippen molar-refractivity contribution in [2.45, 2.75) is 33.1 Å². The first kappa shape index (κ1) is 17.6. The normalized spacial score (nSPS) is 17.2. The molecule has 1 aromatic rings. The molecule has 2 amide bonds. The first-order valence-electron chi connectivity index (χ1n) is 9.03. The highest BCUT2D eigenvalue weighted by atomic mass is 16.6. The number of nitrogens with zero attached hydrogens (tertiary/aromatic N) is 2. The number of hydrogen-bond acceptors (Lipinski definition) is 4. The topological polar surface area (TPSA) is 59.1 Å². The van der Waals surface area contributed by atoms with E-state index in [1.165, 1.54) is 0 Å². The first-order valence-corrected chi connectivity index (χ1v) is 9.03. The van der Waals surface area contributed by atoms with Crippen LogP contribution >= 0.6 is 0 Å². The van der Waals surface area contributed by atoms with Gasteiger partial charge in [0.1, 0.15) is 13.2 Å². The van der Waals surface area contributed by atoms with Crippen molar-refractivity contribution in [3.63, 3.8) is 0 Å². The van der Waals surface area contributed by atoms with Gasteiger partial charge in [-0.25, -0.2) is 0 Å². The van der Waals surface area contributed by atoms with Crippen LogP contribution in [0.4, 0.5) is 0 Å². The van der Waals surface area contributed by atoms with Crippen LogP contribution in [0.3, 0.4) is 0 Å². The highest BCUT2D eigenvalue weighted by Crippen LogP contribution is 2.33. The zero-order valence-electron chi connectivity index (χ0n) is 15.0. The van der Waals surface area contributed by atoms with Crippen molar-refractivity contribution >= 4 is 11.8 Å². The predicted octanol–water partition coefficient (Wildman–Crippen LogP) is 1.78. The molecule has 0 atom stereocenters. The maximum atomic E-state index is 12.7. The van der Waals surface area contributed by atoms with E-state index in [4.69, 9.17) is 9.47 Å². The number of rotatable bonds is 3. The molecule has 6 nitrogen and oxygen atoms in total. The van der Waals surface area contributed by atoms with E-state index in [0.29, 0.717) is 45.7 Å². The quantitative estimate of drug-likeness (QED) is 0.837. The van der Waals surface area contributed by atoms with E-state index in [-0.39, 0.29) is 11.8 Å². The van der Waals surface area contributed by atoms with Crippen molar-refractivity contribution in [2.75, 3.05) is 39.4 Å². The summed E-state index contributed by atoms with van der Waals surface area (Å²) in [6.45, 7) is 7.64. The molecule has 1 fully saturated rings. The Balaban J connectivity index is 1.65. The number of fused-ring (bicyclic) bond motifs is 1. The molecule has 0 bridgehead atoms. The van der Waals surface area contributed by atoms with Gasteiger partial charge in [-0.2, -0.15) is 0 Å². The first-order chi connectivity index (χ1) is 12.1. The molecule has 0 unspecified atom stereocenters. The Hall–Kier alpha value is -2.24. The minimum atomic E-state index is 0.102. The van der Waals surface area contributed by atoms with Crippen molar-refractivity contribution in [3.8, 4) is 11.5 Å². The molecule has 6 heteroatoms. The highest BCUT2D eigenvalue weighted by Gasteiger charge is 2.22. The van der Waals surface area contributed by atoms with Crippen molar-refractivity contribution < 1.29 is 19.1 Å². The van der Waals surface area contributed by atoms with Crippen LogP contribution in [-0.4, -0.2) is 61.0 Å². The number of carbonyl (C=O) groups excluding carboxylic acids is 2. The van der Waals surface area contributed by atoms with E-state index in [9.17, 15) is 9.59 Å².